The van der Waals surface area contributed by atoms with Crippen molar-refractivity contribution in [2.75, 3.05) is 40.3 Å². The highest BCUT2D eigenvalue weighted by Crippen LogP contribution is 2.16. The van der Waals surface area contributed by atoms with Gasteiger partial charge in [0.2, 0.25) is 5.91 Å². The van der Waals surface area contributed by atoms with E-state index in [-0.39, 0.29) is 0 Å². The highest BCUT2D eigenvalue weighted by molar-refractivity contribution is 5.76. The Morgan fingerprint density at radius 1 is 1.30 bits per heavy atom. The Bertz CT molecular complexity index is 553. The lowest BCUT2D eigenvalue weighted by molar-refractivity contribution is -0.132. The van der Waals surface area contributed by atoms with Crippen molar-refractivity contribution in [3.63, 3.8) is 0 Å². The van der Waals surface area contributed by atoms with Crippen molar-refractivity contribution in [2.45, 2.75) is 58.0 Å². The number of nitrogens with zero attached hydrogens (tertiary/aromatic N) is 2. The molecule has 0 aromatic heterocycles. The second kappa shape index (κ2) is 11.3. The number of piperidine rings is 1. The SMILES string of the molecule is CCN(CCCC(=O)N1CCC(NC)CC1)C(C)Cc1ccc(OC)cc1. The number of methoxy groups -OCH3 is 1. The normalized spacial score (nSPS) is 16.6. The molecule has 2 rings (SSSR count). The number of carbonyl (C=O) groups excluding carboxylic acids is 1. The number of ether oxygens (including phenoxy) is 1. The van der Waals surface area contributed by atoms with Gasteiger partial charge in [0.25, 0.3) is 0 Å². The Morgan fingerprint density at radius 3 is 2.52 bits per heavy atom. The summed E-state index contributed by atoms with van der Waals surface area (Å²) < 4.78 is 5.23. The lowest BCUT2D eigenvalue weighted by Crippen LogP contribution is -2.44. The molecule has 1 aliphatic rings. The predicted octanol–water partition coefficient (Wildman–Crippen LogP) is 2.94. The quantitative estimate of drug-likeness (QED) is 0.683. The van der Waals surface area contributed by atoms with E-state index in [2.05, 4.69) is 36.2 Å². The molecule has 27 heavy (non-hydrogen) atoms. The molecule has 1 aliphatic heterocycles. The van der Waals surface area contributed by atoms with Crippen LogP contribution in [0.4, 0.5) is 0 Å². The molecule has 0 bridgehead atoms. The molecule has 0 aliphatic carbocycles. The number of carbonyl (C=O) groups is 1. The van der Waals surface area contributed by atoms with Crippen LogP contribution in [-0.4, -0.2) is 68.1 Å². The molecular formula is C22H37N3O2. The number of hydrogen-bond acceptors (Lipinski definition) is 4. The van der Waals surface area contributed by atoms with Gasteiger partial charge in [0.15, 0.2) is 0 Å². The van der Waals surface area contributed by atoms with E-state index in [1.54, 1.807) is 7.11 Å². The zero-order valence-corrected chi connectivity index (χ0v) is 17.5. The van der Waals surface area contributed by atoms with Crippen LogP contribution < -0.4 is 10.1 Å². The van der Waals surface area contributed by atoms with Gasteiger partial charge in [-0.15, -0.1) is 0 Å². The maximum atomic E-state index is 12.5. The summed E-state index contributed by atoms with van der Waals surface area (Å²) in [7, 11) is 3.70. The highest BCUT2D eigenvalue weighted by atomic mass is 16.5. The molecule has 1 amide bonds. The summed E-state index contributed by atoms with van der Waals surface area (Å²) in [5.41, 5.74) is 1.32. The summed E-state index contributed by atoms with van der Waals surface area (Å²) in [4.78, 5) is 17.0. The minimum absolute atomic E-state index is 0.323. The van der Waals surface area contributed by atoms with Crippen LogP contribution in [0.2, 0.25) is 0 Å². The molecule has 0 spiro atoms. The van der Waals surface area contributed by atoms with Crippen LogP contribution in [0.15, 0.2) is 24.3 Å². The first-order chi connectivity index (χ1) is 13.1. The number of likely N-dealkylation sites (tertiary alicyclic amines) is 1. The second-order valence-corrected chi connectivity index (χ2v) is 7.58. The molecule has 1 aromatic carbocycles. The third-order valence-corrected chi connectivity index (χ3v) is 5.81. The van der Waals surface area contributed by atoms with Crippen molar-refractivity contribution in [1.29, 1.82) is 0 Å². The number of nitrogens with one attached hydrogen (secondary N) is 1. The van der Waals surface area contributed by atoms with Gasteiger partial charge in [-0.2, -0.15) is 0 Å². The Labute approximate surface area is 165 Å². The Morgan fingerprint density at radius 2 is 1.96 bits per heavy atom. The van der Waals surface area contributed by atoms with Crippen molar-refractivity contribution in [2.24, 2.45) is 0 Å². The van der Waals surface area contributed by atoms with Gasteiger partial charge in [-0.25, -0.2) is 0 Å². The molecule has 152 valence electrons. The van der Waals surface area contributed by atoms with Gasteiger partial charge in [-0.3, -0.25) is 4.79 Å². The topological polar surface area (TPSA) is 44.8 Å². The van der Waals surface area contributed by atoms with Gasteiger partial charge in [-0.05, 0) is 70.4 Å². The fourth-order valence-corrected chi connectivity index (χ4v) is 3.93. The molecular weight excluding hydrogens is 338 g/mol. The summed E-state index contributed by atoms with van der Waals surface area (Å²) in [5, 5.41) is 3.32. The predicted molar refractivity (Wildman–Crippen MR) is 111 cm³/mol. The Balaban J connectivity index is 1.72. The Kier molecular flexibility index (Phi) is 9.08. The summed E-state index contributed by atoms with van der Waals surface area (Å²) in [6.45, 7) is 8.27. The van der Waals surface area contributed by atoms with E-state index >= 15 is 0 Å². The second-order valence-electron chi connectivity index (χ2n) is 7.58. The smallest absolute Gasteiger partial charge is 0.222 e. The fraction of sp³-hybridized carbons (Fsp3) is 0.682. The zero-order valence-electron chi connectivity index (χ0n) is 17.5. The lowest BCUT2D eigenvalue weighted by Gasteiger charge is -2.32. The van der Waals surface area contributed by atoms with E-state index in [0.29, 0.717) is 24.4 Å². The minimum atomic E-state index is 0.323. The maximum absolute atomic E-state index is 12.5. The molecule has 1 unspecified atom stereocenters. The molecule has 1 aromatic rings. The monoisotopic (exact) mass is 375 g/mol. The molecule has 0 saturated carbocycles. The Hall–Kier alpha value is -1.59. The maximum Gasteiger partial charge on any atom is 0.222 e. The van der Waals surface area contributed by atoms with Gasteiger partial charge in [0.1, 0.15) is 5.75 Å². The van der Waals surface area contributed by atoms with Crippen molar-refractivity contribution in [3.8, 4) is 5.75 Å². The zero-order chi connectivity index (χ0) is 19.6. The van der Waals surface area contributed by atoms with Crippen LogP contribution in [0.3, 0.4) is 0 Å². The first-order valence-electron chi connectivity index (χ1n) is 10.4. The molecule has 1 fully saturated rings. The van der Waals surface area contributed by atoms with E-state index in [4.69, 9.17) is 4.74 Å². The average molecular weight is 376 g/mol. The molecule has 5 nitrogen and oxygen atoms in total. The molecule has 1 atom stereocenters. The van der Waals surface area contributed by atoms with Gasteiger partial charge < -0.3 is 19.9 Å². The highest BCUT2D eigenvalue weighted by Gasteiger charge is 2.21. The van der Waals surface area contributed by atoms with Crippen LogP contribution >= 0.6 is 0 Å². The number of rotatable bonds is 10. The van der Waals surface area contributed by atoms with E-state index in [1.807, 2.05) is 24.1 Å². The lowest BCUT2D eigenvalue weighted by atomic mass is 10.0. The van der Waals surface area contributed by atoms with E-state index in [1.165, 1.54) is 5.56 Å². The van der Waals surface area contributed by atoms with E-state index in [0.717, 1.165) is 57.6 Å². The summed E-state index contributed by atoms with van der Waals surface area (Å²) >= 11 is 0. The van der Waals surface area contributed by atoms with Gasteiger partial charge in [0, 0.05) is 31.6 Å². The largest absolute Gasteiger partial charge is 0.497 e. The molecule has 1 heterocycles. The first-order valence-corrected chi connectivity index (χ1v) is 10.4. The van der Waals surface area contributed by atoms with Gasteiger partial charge >= 0.3 is 0 Å². The first kappa shape index (κ1) is 21.7. The molecule has 1 N–H and O–H groups in total. The van der Waals surface area contributed by atoms with Gasteiger partial charge in [-0.1, -0.05) is 19.1 Å². The van der Waals surface area contributed by atoms with Crippen LogP contribution in [0.1, 0.15) is 45.1 Å². The molecule has 1 saturated heterocycles. The van der Waals surface area contributed by atoms with E-state index < -0.39 is 0 Å². The third-order valence-electron chi connectivity index (χ3n) is 5.81. The van der Waals surface area contributed by atoms with Crippen molar-refractivity contribution in [3.05, 3.63) is 29.8 Å². The standard InChI is InChI=1S/C22H37N3O2/c1-5-24(18(2)17-19-8-10-21(27-4)11-9-19)14-6-7-22(26)25-15-12-20(23-3)13-16-25/h8-11,18,20,23H,5-7,12-17H2,1-4H3. The third kappa shape index (κ3) is 6.82. The molecule has 0 radical (unpaired) electrons. The minimum Gasteiger partial charge on any atom is -0.497 e. The van der Waals surface area contributed by atoms with Crippen LogP contribution in [0.5, 0.6) is 5.75 Å². The van der Waals surface area contributed by atoms with Crippen LogP contribution in [0.25, 0.3) is 0 Å². The molecule has 5 heteroatoms. The summed E-state index contributed by atoms with van der Waals surface area (Å²) in [6.07, 6.45) is 4.76. The van der Waals surface area contributed by atoms with Crippen LogP contribution in [-0.2, 0) is 11.2 Å². The van der Waals surface area contributed by atoms with E-state index in [9.17, 15) is 4.79 Å². The van der Waals surface area contributed by atoms with Crippen molar-refractivity contribution in [1.82, 2.24) is 15.1 Å². The van der Waals surface area contributed by atoms with Crippen LogP contribution in [0, 0.1) is 0 Å². The summed E-state index contributed by atoms with van der Waals surface area (Å²) in [5.74, 6) is 1.22. The van der Waals surface area contributed by atoms with Crippen molar-refractivity contribution >= 4 is 5.91 Å². The number of benzene rings is 1. The van der Waals surface area contributed by atoms with Crippen molar-refractivity contribution < 1.29 is 9.53 Å². The number of amides is 1. The van der Waals surface area contributed by atoms with Gasteiger partial charge in [0.05, 0.1) is 7.11 Å². The number of hydrogen-bond donors (Lipinski definition) is 1. The number of likely N-dealkylation sites (N-methyl/N-ethyl adjacent to an activating group) is 1. The average Bonchev–Trinajstić information content (AvgIpc) is 2.71. The summed E-state index contributed by atoms with van der Waals surface area (Å²) in [6, 6.07) is 9.36. The fourth-order valence-electron chi connectivity index (χ4n) is 3.93.